The molecular weight excluding hydrogens is 512 g/mol. The van der Waals surface area contributed by atoms with Crippen LogP contribution in [0.5, 0.6) is 0 Å². The number of carbonyl (C=O) groups is 2. The van der Waals surface area contributed by atoms with Crippen LogP contribution in [0.2, 0.25) is 0 Å². The van der Waals surface area contributed by atoms with Crippen LogP contribution in [0.15, 0.2) is 72.8 Å². The number of amides is 2. The number of sulfonamides is 1. The molecule has 6 rings (SSSR count). The zero-order valence-corrected chi connectivity index (χ0v) is 22.2. The van der Waals surface area contributed by atoms with Gasteiger partial charge in [-0.1, -0.05) is 48.5 Å². The average Bonchev–Trinajstić information content (AvgIpc) is 3.44. The number of nitrogens with zero attached hydrogens (tertiary/aromatic N) is 1. The SMILES string of the molecule is Cc1c(-c2ccc(C(N)=O)c3[nH]c4cc(CNS(C)(=O)=O)ccc4c23)cccc1N1Cc2ccccc2C1=O. The van der Waals surface area contributed by atoms with E-state index in [1.165, 1.54) is 0 Å². The number of fused-ring (bicyclic) bond motifs is 4. The first-order chi connectivity index (χ1) is 18.6. The van der Waals surface area contributed by atoms with Crippen LogP contribution in [0.25, 0.3) is 32.9 Å². The Hall–Kier alpha value is -4.47. The number of H-pyrrole nitrogens is 1. The zero-order valence-electron chi connectivity index (χ0n) is 21.4. The highest BCUT2D eigenvalue weighted by atomic mass is 32.2. The lowest BCUT2D eigenvalue weighted by molar-refractivity contribution is 0.0990. The van der Waals surface area contributed by atoms with Gasteiger partial charge in [0.05, 0.1) is 23.9 Å². The Kier molecular flexibility index (Phi) is 5.78. The van der Waals surface area contributed by atoms with Crippen molar-refractivity contribution in [3.63, 3.8) is 0 Å². The molecule has 8 nitrogen and oxygen atoms in total. The van der Waals surface area contributed by atoms with Crippen LogP contribution in [-0.2, 0) is 23.1 Å². The first-order valence-electron chi connectivity index (χ1n) is 12.4. The van der Waals surface area contributed by atoms with Crippen molar-refractivity contribution in [2.75, 3.05) is 11.2 Å². The molecular formula is C30H26N4O4S. The second kappa shape index (κ2) is 9.07. The molecule has 1 aliphatic rings. The van der Waals surface area contributed by atoms with Gasteiger partial charge < -0.3 is 15.6 Å². The monoisotopic (exact) mass is 538 g/mol. The normalized spacial score (nSPS) is 13.4. The van der Waals surface area contributed by atoms with Gasteiger partial charge in [-0.25, -0.2) is 13.1 Å². The van der Waals surface area contributed by atoms with Gasteiger partial charge in [-0.05, 0) is 59.0 Å². The minimum absolute atomic E-state index is 0.0256. The summed E-state index contributed by atoms with van der Waals surface area (Å²) in [6, 6.07) is 22.8. The van der Waals surface area contributed by atoms with Crippen LogP contribution in [-0.4, -0.2) is 31.5 Å². The van der Waals surface area contributed by atoms with Gasteiger partial charge in [-0.2, -0.15) is 0 Å². The van der Waals surface area contributed by atoms with Crippen LogP contribution in [0.1, 0.15) is 37.4 Å². The Balaban J connectivity index is 1.51. The van der Waals surface area contributed by atoms with Crippen molar-refractivity contribution < 1.29 is 18.0 Å². The fraction of sp³-hybridized carbons (Fsp3) is 0.133. The largest absolute Gasteiger partial charge is 0.366 e. The topological polar surface area (TPSA) is 125 Å². The Morgan fingerprint density at radius 1 is 1.00 bits per heavy atom. The van der Waals surface area contributed by atoms with Crippen LogP contribution in [0.4, 0.5) is 5.69 Å². The number of nitrogens with two attached hydrogens (primary N) is 1. The highest BCUT2D eigenvalue weighted by Crippen LogP contribution is 2.41. The van der Waals surface area contributed by atoms with Crippen molar-refractivity contribution >= 4 is 49.3 Å². The van der Waals surface area contributed by atoms with Crippen LogP contribution in [0.3, 0.4) is 0 Å². The molecule has 0 radical (unpaired) electrons. The third-order valence-electron chi connectivity index (χ3n) is 7.33. The maximum Gasteiger partial charge on any atom is 0.258 e. The lowest BCUT2D eigenvalue weighted by Crippen LogP contribution is -2.24. The molecule has 0 spiro atoms. The summed E-state index contributed by atoms with van der Waals surface area (Å²) < 4.78 is 25.7. The van der Waals surface area contributed by atoms with Crippen molar-refractivity contribution in [2.24, 2.45) is 5.73 Å². The number of aromatic nitrogens is 1. The average molecular weight is 539 g/mol. The first-order valence-corrected chi connectivity index (χ1v) is 14.3. The van der Waals surface area contributed by atoms with Crippen LogP contribution in [0, 0.1) is 6.92 Å². The van der Waals surface area contributed by atoms with Gasteiger partial charge in [0, 0.05) is 34.1 Å². The molecule has 0 saturated carbocycles. The molecule has 1 aromatic heterocycles. The van der Waals surface area contributed by atoms with E-state index in [0.29, 0.717) is 23.2 Å². The number of benzene rings is 4. The summed E-state index contributed by atoms with van der Waals surface area (Å²) in [5.41, 5.74) is 13.5. The van der Waals surface area contributed by atoms with Gasteiger partial charge in [0.2, 0.25) is 10.0 Å². The number of primary amides is 1. The molecule has 2 amide bonds. The van der Waals surface area contributed by atoms with Crippen molar-refractivity contribution in [3.8, 4) is 11.1 Å². The summed E-state index contributed by atoms with van der Waals surface area (Å²) in [7, 11) is -3.35. The molecule has 4 N–H and O–H groups in total. The number of anilines is 1. The fourth-order valence-electron chi connectivity index (χ4n) is 5.47. The van der Waals surface area contributed by atoms with E-state index < -0.39 is 15.9 Å². The van der Waals surface area contributed by atoms with E-state index in [9.17, 15) is 18.0 Å². The quantitative estimate of drug-likeness (QED) is 0.292. The highest BCUT2D eigenvalue weighted by Gasteiger charge is 2.29. The highest BCUT2D eigenvalue weighted by molar-refractivity contribution is 7.88. The molecule has 0 unspecified atom stereocenters. The number of hydrogen-bond donors (Lipinski definition) is 3. The Bertz CT molecular complexity index is 1940. The number of hydrogen-bond acceptors (Lipinski definition) is 4. The Labute approximate surface area is 225 Å². The lowest BCUT2D eigenvalue weighted by Gasteiger charge is -2.21. The molecule has 2 heterocycles. The maximum atomic E-state index is 13.2. The van der Waals surface area contributed by atoms with Crippen molar-refractivity contribution in [1.82, 2.24) is 9.71 Å². The molecule has 0 fully saturated rings. The second-order valence-electron chi connectivity index (χ2n) is 9.87. The minimum atomic E-state index is -3.35. The summed E-state index contributed by atoms with van der Waals surface area (Å²) in [5, 5.41) is 1.71. The van der Waals surface area contributed by atoms with Crippen molar-refractivity contribution in [3.05, 3.63) is 101 Å². The summed E-state index contributed by atoms with van der Waals surface area (Å²) in [6.45, 7) is 2.65. The molecule has 5 aromatic rings. The molecule has 0 atom stereocenters. The van der Waals surface area contributed by atoms with Crippen LogP contribution >= 0.6 is 0 Å². The minimum Gasteiger partial charge on any atom is -0.366 e. The molecule has 196 valence electrons. The summed E-state index contributed by atoms with van der Waals surface area (Å²) in [5.74, 6) is -0.578. The van der Waals surface area contributed by atoms with Gasteiger partial charge in [0.15, 0.2) is 0 Å². The van der Waals surface area contributed by atoms with Crippen molar-refractivity contribution in [2.45, 2.75) is 20.0 Å². The molecule has 1 aliphatic heterocycles. The Morgan fingerprint density at radius 3 is 2.51 bits per heavy atom. The predicted molar refractivity (Wildman–Crippen MR) is 153 cm³/mol. The second-order valence-corrected chi connectivity index (χ2v) is 11.7. The van der Waals surface area contributed by atoms with E-state index >= 15 is 0 Å². The first kappa shape index (κ1) is 24.8. The third kappa shape index (κ3) is 4.25. The van der Waals surface area contributed by atoms with E-state index in [4.69, 9.17) is 5.73 Å². The third-order valence-corrected chi connectivity index (χ3v) is 8.00. The molecule has 9 heteroatoms. The smallest absolute Gasteiger partial charge is 0.258 e. The van der Waals surface area contributed by atoms with Crippen LogP contribution < -0.4 is 15.4 Å². The van der Waals surface area contributed by atoms with Gasteiger partial charge in [0.25, 0.3) is 11.8 Å². The van der Waals surface area contributed by atoms with E-state index in [2.05, 4.69) is 9.71 Å². The van der Waals surface area contributed by atoms with Gasteiger partial charge in [-0.15, -0.1) is 0 Å². The summed E-state index contributed by atoms with van der Waals surface area (Å²) in [4.78, 5) is 30.7. The van der Waals surface area contributed by atoms with E-state index in [1.54, 1.807) is 11.0 Å². The lowest BCUT2D eigenvalue weighted by atomic mass is 9.93. The number of rotatable bonds is 6. The summed E-state index contributed by atoms with van der Waals surface area (Å²) >= 11 is 0. The maximum absolute atomic E-state index is 13.2. The van der Waals surface area contributed by atoms with E-state index in [1.807, 2.05) is 73.7 Å². The molecule has 0 aliphatic carbocycles. The molecule has 39 heavy (non-hydrogen) atoms. The number of carbonyl (C=O) groups excluding carboxylic acids is 2. The zero-order chi connectivity index (χ0) is 27.5. The number of aromatic amines is 1. The molecule has 4 aromatic carbocycles. The Morgan fingerprint density at radius 2 is 1.77 bits per heavy atom. The standard InChI is InChI=1S/C30H26N4O4S/c1-17-20(8-5-9-26(17)34-16-19-6-3-4-7-21(19)30(34)36)22-12-13-24(29(31)35)28-27(22)23-11-10-18(14-25(23)33-28)15-32-39(2,37)38/h3-14,32-33H,15-16H2,1-2H3,(H2,31,35). The van der Waals surface area contributed by atoms with E-state index in [0.717, 1.165) is 56.0 Å². The molecule has 0 saturated heterocycles. The van der Waals surface area contributed by atoms with Gasteiger partial charge in [0.1, 0.15) is 0 Å². The predicted octanol–water partition coefficient (Wildman–Crippen LogP) is 4.61. The van der Waals surface area contributed by atoms with Crippen molar-refractivity contribution in [1.29, 1.82) is 0 Å². The summed E-state index contributed by atoms with van der Waals surface area (Å²) in [6.07, 6.45) is 1.12. The van der Waals surface area contributed by atoms with Gasteiger partial charge >= 0.3 is 0 Å². The van der Waals surface area contributed by atoms with Gasteiger partial charge in [-0.3, -0.25) is 9.59 Å². The molecule has 0 bridgehead atoms. The fourth-order valence-corrected chi connectivity index (χ4v) is 5.90. The number of nitrogens with one attached hydrogen (secondary N) is 2. The van der Waals surface area contributed by atoms with E-state index in [-0.39, 0.29) is 12.5 Å².